The molecule has 1 aromatic carbocycles. The lowest BCUT2D eigenvalue weighted by Crippen LogP contribution is -2.25. The number of hydrogen-bond acceptors (Lipinski definition) is 3. The highest BCUT2D eigenvalue weighted by Crippen LogP contribution is 2.14. The first-order valence-corrected chi connectivity index (χ1v) is 7.15. The van der Waals surface area contributed by atoms with Crippen LogP contribution < -0.4 is 5.32 Å². The van der Waals surface area contributed by atoms with Crippen molar-refractivity contribution in [2.45, 2.75) is 13.5 Å². The van der Waals surface area contributed by atoms with E-state index in [2.05, 4.69) is 5.32 Å². The van der Waals surface area contributed by atoms with E-state index in [1.54, 1.807) is 47.5 Å². The number of benzene rings is 1. The van der Waals surface area contributed by atoms with Crippen LogP contribution in [0.15, 0.2) is 41.1 Å². The number of hydrogen-bond donors (Lipinski definition) is 1. The molecule has 0 radical (unpaired) electrons. The second kappa shape index (κ2) is 6.34. The monoisotopic (exact) mass is 288 g/mol. The summed E-state index contributed by atoms with van der Waals surface area (Å²) in [5, 5.41) is 6.70. The van der Waals surface area contributed by atoms with E-state index in [9.17, 15) is 9.59 Å². The summed E-state index contributed by atoms with van der Waals surface area (Å²) >= 11 is 1.62. The van der Waals surface area contributed by atoms with Gasteiger partial charge in [-0.1, -0.05) is 0 Å². The van der Waals surface area contributed by atoms with Crippen molar-refractivity contribution in [3.8, 4) is 0 Å². The number of nitrogens with zero attached hydrogens (tertiary/aromatic N) is 1. The maximum absolute atomic E-state index is 12.2. The molecular weight excluding hydrogens is 272 g/mol. The summed E-state index contributed by atoms with van der Waals surface area (Å²) in [6.07, 6.45) is 0. The molecule has 0 aliphatic rings. The summed E-state index contributed by atoms with van der Waals surface area (Å²) < 4.78 is 0. The summed E-state index contributed by atoms with van der Waals surface area (Å²) in [5.74, 6) is -0.163. The molecule has 0 atom stereocenters. The topological polar surface area (TPSA) is 49.4 Å². The highest BCUT2D eigenvalue weighted by atomic mass is 32.1. The molecule has 5 heteroatoms. The molecule has 0 aliphatic carbocycles. The standard InChI is InChI=1S/C15H16N2O2S/c1-11(18)16-14-5-3-13(4-6-14)15(19)17(2)9-12-7-8-20-10-12/h3-8,10H,9H2,1-2H3,(H,16,18). The van der Waals surface area contributed by atoms with Crippen LogP contribution in [0.1, 0.15) is 22.8 Å². The Morgan fingerprint density at radius 3 is 2.45 bits per heavy atom. The van der Waals surface area contributed by atoms with Crippen molar-refractivity contribution in [3.63, 3.8) is 0 Å². The fourth-order valence-corrected chi connectivity index (χ4v) is 2.51. The molecule has 0 fully saturated rings. The van der Waals surface area contributed by atoms with Gasteiger partial charge in [-0.25, -0.2) is 0 Å². The van der Waals surface area contributed by atoms with Crippen LogP contribution in [-0.4, -0.2) is 23.8 Å². The molecule has 20 heavy (non-hydrogen) atoms. The average molecular weight is 288 g/mol. The van der Waals surface area contributed by atoms with Gasteiger partial charge in [-0.05, 0) is 46.7 Å². The van der Waals surface area contributed by atoms with Crippen molar-refractivity contribution >= 4 is 28.8 Å². The predicted octanol–water partition coefficient (Wildman–Crippen LogP) is 2.98. The highest BCUT2D eigenvalue weighted by molar-refractivity contribution is 7.07. The first-order valence-electron chi connectivity index (χ1n) is 6.20. The van der Waals surface area contributed by atoms with Gasteiger partial charge in [0.2, 0.25) is 5.91 Å². The molecule has 2 aromatic rings. The molecule has 0 unspecified atom stereocenters. The Balaban J connectivity index is 2.03. The molecular formula is C15H16N2O2S. The third-order valence-electron chi connectivity index (χ3n) is 2.80. The van der Waals surface area contributed by atoms with E-state index >= 15 is 0 Å². The van der Waals surface area contributed by atoms with E-state index < -0.39 is 0 Å². The van der Waals surface area contributed by atoms with Crippen molar-refractivity contribution in [2.24, 2.45) is 0 Å². The van der Waals surface area contributed by atoms with Crippen LogP contribution in [0, 0.1) is 0 Å². The molecule has 0 aliphatic heterocycles. The summed E-state index contributed by atoms with van der Waals surface area (Å²) in [5.41, 5.74) is 2.42. The van der Waals surface area contributed by atoms with Crippen molar-refractivity contribution in [1.82, 2.24) is 4.90 Å². The largest absolute Gasteiger partial charge is 0.337 e. The molecule has 2 amide bonds. The number of amides is 2. The van der Waals surface area contributed by atoms with Crippen molar-refractivity contribution in [2.75, 3.05) is 12.4 Å². The lowest BCUT2D eigenvalue weighted by molar-refractivity contribution is -0.114. The fourth-order valence-electron chi connectivity index (χ4n) is 1.85. The van der Waals surface area contributed by atoms with Crippen LogP contribution in [0.2, 0.25) is 0 Å². The summed E-state index contributed by atoms with van der Waals surface area (Å²) in [6.45, 7) is 2.05. The summed E-state index contributed by atoms with van der Waals surface area (Å²) in [7, 11) is 1.78. The predicted molar refractivity (Wildman–Crippen MR) is 80.9 cm³/mol. The second-order valence-corrected chi connectivity index (χ2v) is 5.33. The molecule has 1 N–H and O–H groups in total. The highest BCUT2D eigenvalue weighted by Gasteiger charge is 2.12. The number of carbonyl (C=O) groups is 2. The van der Waals surface area contributed by atoms with Gasteiger partial charge in [0, 0.05) is 31.8 Å². The summed E-state index contributed by atoms with van der Waals surface area (Å²) in [6, 6.07) is 8.91. The van der Waals surface area contributed by atoms with E-state index in [4.69, 9.17) is 0 Å². The van der Waals surface area contributed by atoms with Crippen LogP contribution in [0.25, 0.3) is 0 Å². The molecule has 4 nitrogen and oxygen atoms in total. The lowest BCUT2D eigenvalue weighted by Gasteiger charge is -2.16. The Morgan fingerprint density at radius 2 is 1.90 bits per heavy atom. The first-order chi connectivity index (χ1) is 9.56. The zero-order chi connectivity index (χ0) is 14.5. The average Bonchev–Trinajstić information content (AvgIpc) is 2.91. The van der Waals surface area contributed by atoms with Crippen LogP contribution >= 0.6 is 11.3 Å². The lowest BCUT2D eigenvalue weighted by atomic mass is 10.1. The van der Waals surface area contributed by atoms with Gasteiger partial charge in [0.15, 0.2) is 0 Å². The number of nitrogens with one attached hydrogen (secondary N) is 1. The van der Waals surface area contributed by atoms with Crippen molar-refractivity contribution in [1.29, 1.82) is 0 Å². The Labute approximate surface area is 122 Å². The Morgan fingerprint density at radius 1 is 1.20 bits per heavy atom. The molecule has 1 heterocycles. The minimum Gasteiger partial charge on any atom is -0.337 e. The van der Waals surface area contributed by atoms with Gasteiger partial charge in [-0.15, -0.1) is 0 Å². The minimum atomic E-state index is -0.126. The third kappa shape index (κ3) is 3.68. The smallest absolute Gasteiger partial charge is 0.253 e. The maximum Gasteiger partial charge on any atom is 0.253 e. The Hall–Kier alpha value is -2.14. The van der Waals surface area contributed by atoms with Gasteiger partial charge in [0.1, 0.15) is 0 Å². The Bertz CT molecular complexity index is 591. The molecule has 2 rings (SSSR count). The normalized spacial score (nSPS) is 10.1. The van der Waals surface area contributed by atoms with Gasteiger partial charge in [0.25, 0.3) is 5.91 Å². The second-order valence-electron chi connectivity index (χ2n) is 4.55. The van der Waals surface area contributed by atoms with Crippen LogP contribution in [0.4, 0.5) is 5.69 Å². The zero-order valence-electron chi connectivity index (χ0n) is 11.4. The number of thiophene rings is 1. The van der Waals surface area contributed by atoms with Crippen molar-refractivity contribution in [3.05, 3.63) is 52.2 Å². The first kappa shape index (κ1) is 14.3. The molecule has 0 saturated carbocycles. The van der Waals surface area contributed by atoms with E-state index in [1.165, 1.54) is 6.92 Å². The van der Waals surface area contributed by atoms with Crippen LogP contribution in [-0.2, 0) is 11.3 Å². The van der Waals surface area contributed by atoms with E-state index in [1.807, 2.05) is 16.8 Å². The van der Waals surface area contributed by atoms with Crippen LogP contribution in [0.3, 0.4) is 0 Å². The fraction of sp³-hybridized carbons (Fsp3) is 0.200. The van der Waals surface area contributed by atoms with Crippen LogP contribution in [0.5, 0.6) is 0 Å². The van der Waals surface area contributed by atoms with E-state index in [-0.39, 0.29) is 11.8 Å². The van der Waals surface area contributed by atoms with E-state index in [0.29, 0.717) is 17.8 Å². The molecule has 104 valence electrons. The zero-order valence-corrected chi connectivity index (χ0v) is 12.2. The van der Waals surface area contributed by atoms with Gasteiger partial charge in [-0.3, -0.25) is 9.59 Å². The SMILES string of the molecule is CC(=O)Nc1ccc(C(=O)N(C)Cc2ccsc2)cc1. The summed E-state index contributed by atoms with van der Waals surface area (Å²) in [4.78, 5) is 24.9. The third-order valence-corrected chi connectivity index (χ3v) is 3.53. The van der Waals surface area contributed by atoms with Gasteiger partial charge < -0.3 is 10.2 Å². The maximum atomic E-state index is 12.2. The van der Waals surface area contributed by atoms with Gasteiger partial charge >= 0.3 is 0 Å². The minimum absolute atomic E-state index is 0.0365. The molecule has 0 bridgehead atoms. The van der Waals surface area contributed by atoms with Gasteiger partial charge in [0.05, 0.1) is 0 Å². The van der Waals surface area contributed by atoms with Crippen molar-refractivity contribution < 1.29 is 9.59 Å². The van der Waals surface area contributed by atoms with E-state index in [0.717, 1.165) is 5.56 Å². The molecule has 0 saturated heterocycles. The number of rotatable bonds is 4. The number of anilines is 1. The molecule has 0 spiro atoms. The number of carbonyl (C=O) groups excluding carboxylic acids is 2. The van der Waals surface area contributed by atoms with Gasteiger partial charge in [-0.2, -0.15) is 11.3 Å². The quantitative estimate of drug-likeness (QED) is 0.940. The Kier molecular flexibility index (Phi) is 4.53. The molecule has 1 aromatic heterocycles.